The van der Waals surface area contributed by atoms with Gasteiger partial charge in [-0.1, -0.05) is 11.6 Å². The highest BCUT2D eigenvalue weighted by Gasteiger charge is 2.37. The van der Waals surface area contributed by atoms with Gasteiger partial charge in [0.15, 0.2) is 0 Å². The number of nitrogens with two attached hydrogens (primary N) is 1. The predicted octanol–water partition coefficient (Wildman–Crippen LogP) is 3.69. The molecule has 0 heterocycles. The maximum absolute atomic E-state index is 13.0. The molecule has 3 N–H and O–H groups in total. The highest BCUT2D eigenvalue weighted by atomic mass is 35.5. The van der Waals surface area contributed by atoms with Gasteiger partial charge in [-0.25, -0.2) is 8.78 Å². The summed E-state index contributed by atoms with van der Waals surface area (Å²) in [5.74, 6) is -3.23. The van der Waals surface area contributed by atoms with Crippen LogP contribution < -0.4 is 11.1 Å². The predicted molar refractivity (Wildman–Crippen MR) is 71.4 cm³/mol. The van der Waals surface area contributed by atoms with Gasteiger partial charge >= 0.3 is 0 Å². The number of carbonyl (C=O) groups excluding carboxylic acids is 1. The Kier molecular flexibility index (Phi) is 3.94. The fourth-order valence-corrected chi connectivity index (χ4v) is 2.33. The van der Waals surface area contributed by atoms with Crippen LogP contribution in [0.2, 0.25) is 5.02 Å². The SMILES string of the molecule is Nc1ccc(NC(=O)C2CCC(F)(F)CC2)cc1Cl. The molecule has 0 atom stereocenters. The van der Waals surface area contributed by atoms with Crippen LogP contribution >= 0.6 is 11.6 Å². The van der Waals surface area contributed by atoms with E-state index in [9.17, 15) is 13.6 Å². The summed E-state index contributed by atoms with van der Waals surface area (Å²) in [7, 11) is 0. The third-order valence-corrected chi connectivity index (χ3v) is 3.68. The summed E-state index contributed by atoms with van der Waals surface area (Å²) < 4.78 is 26.0. The van der Waals surface area contributed by atoms with Gasteiger partial charge in [-0.2, -0.15) is 0 Å². The standard InChI is InChI=1S/C13H15ClF2N2O/c14-10-7-9(1-2-11(10)17)18-12(19)8-3-5-13(15,16)6-4-8/h1-2,7-8H,3-6,17H2,(H,18,19). The normalized spacial score (nSPS) is 19.1. The van der Waals surface area contributed by atoms with Crippen LogP contribution in [0.1, 0.15) is 25.7 Å². The van der Waals surface area contributed by atoms with Crippen molar-refractivity contribution in [2.45, 2.75) is 31.6 Å². The van der Waals surface area contributed by atoms with Crippen LogP contribution in [0.25, 0.3) is 0 Å². The van der Waals surface area contributed by atoms with E-state index < -0.39 is 5.92 Å². The molecule has 2 rings (SSSR count). The van der Waals surface area contributed by atoms with E-state index >= 15 is 0 Å². The second-order valence-electron chi connectivity index (χ2n) is 4.86. The molecule has 0 saturated heterocycles. The van der Waals surface area contributed by atoms with Gasteiger partial charge in [-0.15, -0.1) is 0 Å². The van der Waals surface area contributed by atoms with E-state index in [0.29, 0.717) is 16.4 Å². The van der Waals surface area contributed by atoms with Crippen molar-refractivity contribution in [3.8, 4) is 0 Å². The summed E-state index contributed by atoms with van der Waals surface area (Å²) in [5, 5.41) is 3.04. The van der Waals surface area contributed by atoms with Crippen molar-refractivity contribution in [3.05, 3.63) is 23.2 Å². The number of alkyl halides is 2. The monoisotopic (exact) mass is 288 g/mol. The van der Waals surface area contributed by atoms with Crippen LogP contribution in [-0.4, -0.2) is 11.8 Å². The molecule has 0 aliphatic heterocycles. The maximum atomic E-state index is 13.0. The van der Waals surface area contributed by atoms with Crippen LogP contribution in [0.15, 0.2) is 18.2 Å². The number of halogens is 3. The number of carbonyl (C=O) groups is 1. The van der Waals surface area contributed by atoms with Crippen molar-refractivity contribution in [1.29, 1.82) is 0 Å². The van der Waals surface area contributed by atoms with E-state index in [-0.39, 0.29) is 37.5 Å². The smallest absolute Gasteiger partial charge is 0.248 e. The highest BCUT2D eigenvalue weighted by Crippen LogP contribution is 2.36. The Labute approximate surface area is 115 Å². The minimum Gasteiger partial charge on any atom is -0.398 e. The molecule has 1 fully saturated rings. The summed E-state index contributed by atoms with van der Waals surface area (Å²) in [6, 6.07) is 4.77. The largest absolute Gasteiger partial charge is 0.398 e. The minimum atomic E-state index is -2.62. The number of benzene rings is 1. The van der Waals surface area contributed by atoms with E-state index in [1.807, 2.05) is 0 Å². The lowest BCUT2D eigenvalue weighted by Gasteiger charge is -2.27. The Hall–Kier alpha value is -1.36. The first-order valence-corrected chi connectivity index (χ1v) is 6.49. The second-order valence-corrected chi connectivity index (χ2v) is 5.26. The van der Waals surface area contributed by atoms with E-state index in [2.05, 4.69) is 5.32 Å². The number of hydrogen-bond acceptors (Lipinski definition) is 2. The molecule has 1 aromatic carbocycles. The number of nitrogens with one attached hydrogen (secondary N) is 1. The molecule has 1 amide bonds. The summed E-state index contributed by atoms with van der Waals surface area (Å²) in [6.45, 7) is 0. The fraction of sp³-hybridized carbons (Fsp3) is 0.462. The molecule has 0 bridgehead atoms. The van der Waals surface area contributed by atoms with Gasteiger partial charge in [-0.3, -0.25) is 4.79 Å². The first-order valence-electron chi connectivity index (χ1n) is 6.11. The first-order chi connectivity index (χ1) is 8.87. The quantitative estimate of drug-likeness (QED) is 0.816. The van der Waals surface area contributed by atoms with Crippen molar-refractivity contribution in [3.63, 3.8) is 0 Å². The van der Waals surface area contributed by atoms with Crippen molar-refractivity contribution in [2.24, 2.45) is 5.92 Å². The first kappa shape index (κ1) is 14.1. The van der Waals surface area contributed by atoms with Gasteiger partial charge in [-0.05, 0) is 31.0 Å². The average molecular weight is 289 g/mol. The van der Waals surface area contributed by atoms with E-state index in [1.165, 1.54) is 0 Å². The van der Waals surface area contributed by atoms with Gasteiger partial charge in [0.2, 0.25) is 11.8 Å². The highest BCUT2D eigenvalue weighted by molar-refractivity contribution is 6.33. The Morgan fingerprint density at radius 1 is 1.37 bits per heavy atom. The molecule has 19 heavy (non-hydrogen) atoms. The van der Waals surface area contributed by atoms with Gasteiger partial charge in [0, 0.05) is 24.4 Å². The van der Waals surface area contributed by atoms with E-state index in [0.717, 1.165) is 0 Å². The van der Waals surface area contributed by atoms with Gasteiger partial charge in [0.1, 0.15) is 0 Å². The van der Waals surface area contributed by atoms with Crippen molar-refractivity contribution < 1.29 is 13.6 Å². The zero-order chi connectivity index (χ0) is 14.0. The number of nitrogen functional groups attached to an aromatic ring is 1. The Morgan fingerprint density at radius 3 is 2.58 bits per heavy atom. The summed E-state index contributed by atoms with van der Waals surface area (Å²) in [6.07, 6.45) is -0.0375. The Morgan fingerprint density at radius 2 is 2.00 bits per heavy atom. The van der Waals surface area contributed by atoms with Crippen LogP contribution in [-0.2, 0) is 4.79 Å². The molecule has 104 valence electrons. The zero-order valence-corrected chi connectivity index (χ0v) is 11.0. The lowest BCUT2D eigenvalue weighted by Crippen LogP contribution is -2.31. The molecule has 0 radical (unpaired) electrons. The molecular formula is C13H15ClF2N2O. The second kappa shape index (κ2) is 5.33. The fourth-order valence-electron chi connectivity index (χ4n) is 2.15. The molecule has 6 heteroatoms. The van der Waals surface area contributed by atoms with Crippen molar-refractivity contribution in [1.82, 2.24) is 0 Å². The third-order valence-electron chi connectivity index (χ3n) is 3.36. The summed E-state index contributed by atoms with van der Waals surface area (Å²) in [4.78, 5) is 11.9. The van der Waals surface area contributed by atoms with Crippen LogP contribution in [0.5, 0.6) is 0 Å². The molecule has 0 unspecified atom stereocenters. The third kappa shape index (κ3) is 3.56. The van der Waals surface area contributed by atoms with Crippen molar-refractivity contribution in [2.75, 3.05) is 11.1 Å². The molecule has 1 saturated carbocycles. The van der Waals surface area contributed by atoms with Gasteiger partial charge < -0.3 is 11.1 Å². The molecule has 3 nitrogen and oxygen atoms in total. The summed E-state index contributed by atoms with van der Waals surface area (Å²) >= 11 is 5.84. The molecule has 1 aliphatic carbocycles. The minimum absolute atomic E-state index is 0.210. The molecule has 0 spiro atoms. The molecular weight excluding hydrogens is 274 g/mol. The van der Waals surface area contributed by atoms with Crippen molar-refractivity contribution >= 4 is 28.9 Å². The number of rotatable bonds is 2. The Balaban J connectivity index is 1.96. The molecule has 0 aromatic heterocycles. The lowest BCUT2D eigenvalue weighted by atomic mass is 9.86. The maximum Gasteiger partial charge on any atom is 0.248 e. The number of amides is 1. The van der Waals surface area contributed by atoms with E-state index in [1.54, 1.807) is 18.2 Å². The van der Waals surface area contributed by atoms with Crippen LogP contribution in [0, 0.1) is 5.92 Å². The molecule has 1 aromatic rings. The van der Waals surface area contributed by atoms with Gasteiger partial charge in [0.25, 0.3) is 0 Å². The van der Waals surface area contributed by atoms with Crippen LogP contribution in [0.4, 0.5) is 20.2 Å². The topological polar surface area (TPSA) is 55.1 Å². The number of anilines is 2. The van der Waals surface area contributed by atoms with Gasteiger partial charge in [0.05, 0.1) is 10.7 Å². The average Bonchev–Trinajstić information content (AvgIpc) is 2.33. The zero-order valence-electron chi connectivity index (χ0n) is 10.3. The molecule has 1 aliphatic rings. The number of hydrogen-bond donors (Lipinski definition) is 2. The van der Waals surface area contributed by atoms with Crippen LogP contribution in [0.3, 0.4) is 0 Å². The summed E-state index contributed by atoms with van der Waals surface area (Å²) in [5.41, 5.74) is 6.52. The Bertz CT molecular complexity index is 484. The lowest BCUT2D eigenvalue weighted by molar-refractivity contribution is -0.124. The van der Waals surface area contributed by atoms with E-state index in [4.69, 9.17) is 17.3 Å².